The number of aliphatic imine (C=N–C) groups is 1. The standard InChI is InChI=1S/C22H31FN6OS/c23-20-14-18(8-11-25-20)28-22(27-16-24)26-10-4-2-1-3-6-17-9-12-29(15-17)21(30)19-7-5-13-31-19/h8,11,14,17,19H,1-7,9-10,12-13,15H2,(H2,25,26,27,28). The molecule has 0 saturated carbocycles. The third-order valence-electron chi connectivity index (χ3n) is 5.79. The van der Waals surface area contributed by atoms with Crippen molar-refractivity contribution in [3.63, 3.8) is 0 Å². The van der Waals surface area contributed by atoms with Crippen molar-refractivity contribution in [2.24, 2.45) is 10.9 Å². The number of nitrogens with zero attached hydrogens (tertiary/aromatic N) is 4. The molecule has 2 aliphatic rings. The van der Waals surface area contributed by atoms with Crippen molar-refractivity contribution < 1.29 is 9.18 Å². The van der Waals surface area contributed by atoms with Gasteiger partial charge in [-0.15, -0.1) is 16.8 Å². The van der Waals surface area contributed by atoms with Crippen LogP contribution >= 0.6 is 11.8 Å². The number of halogens is 1. The van der Waals surface area contributed by atoms with Gasteiger partial charge in [-0.2, -0.15) is 9.65 Å². The number of pyridine rings is 1. The molecule has 2 aliphatic heterocycles. The first kappa shape index (κ1) is 23.3. The molecule has 2 atom stereocenters. The van der Waals surface area contributed by atoms with Gasteiger partial charge in [0.15, 0.2) is 0 Å². The first-order valence-electron chi connectivity index (χ1n) is 11.2. The Kier molecular flexibility index (Phi) is 9.40. The van der Waals surface area contributed by atoms with Crippen molar-refractivity contribution in [3.8, 4) is 6.19 Å². The lowest BCUT2D eigenvalue weighted by molar-refractivity contribution is -0.129. The second kappa shape index (κ2) is 12.5. The van der Waals surface area contributed by atoms with Crippen molar-refractivity contribution in [2.75, 3.05) is 30.7 Å². The molecule has 0 aromatic carbocycles. The van der Waals surface area contributed by atoms with E-state index in [-0.39, 0.29) is 5.25 Å². The molecule has 1 aromatic rings. The normalized spacial score (nSPS) is 21.2. The summed E-state index contributed by atoms with van der Waals surface area (Å²) < 4.78 is 13.2. The van der Waals surface area contributed by atoms with Crippen LogP contribution in [0, 0.1) is 23.3 Å². The Morgan fingerprint density at radius 1 is 1.35 bits per heavy atom. The maximum atomic E-state index is 13.2. The molecule has 1 aromatic heterocycles. The molecule has 0 radical (unpaired) electrons. The molecule has 0 bridgehead atoms. The Morgan fingerprint density at radius 3 is 3.00 bits per heavy atom. The van der Waals surface area contributed by atoms with E-state index >= 15 is 0 Å². The summed E-state index contributed by atoms with van der Waals surface area (Å²) in [7, 11) is 0. The fourth-order valence-corrected chi connectivity index (χ4v) is 5.38. The Morgan fingerprint density at radius 2 is 2.23 bits per heavy atom. The predicted octanol–water partition coefficient (Wildman–Crippen LogP) is 3.75. The van der Waals surface area contributed by atoms with Crippen LogP contribution in [0.4, 0.5) is 10.1 Å². The molecule has 2 N–H and O–H groups in total. The average molecular weight is 447 g/mol. The number of likely N-dealkylation sites (tertiary alicyclic amines) is 1. The second-order valence-electron chi connectivity index (χ2n) is 8.12. The number of aromatic nitrogens is 1. The summed E-state index contributed by atoms with van der Waals surface area (Å²) in [6.45, 7) is 2.55. The summed E-state index contributed by atoms with van der Waals surface area (Å²) in [6, 6.07) is 2.86. The summed E-state index contributed by atoms with van der Waals surface area (Å²) in [5.74, 6) is 1.87. The number of nitriles is 1. The molecule has 3 heterocycles. The quantitative estimate of drug-likeness (QED) is 0.197. The van der Waals surface area contributed by atoms with Crippen molar-refractivity contribution in [3.05, 3.63) is 24.3 Å². The summed E-state index contributed by atoms with van der Waals surface area (Å²) in [5.41, 5.74) is 0.490. The number of guanidine groups is 1. The molecule has 2 fully saturated rings. The highest BCUT2D eigenvalue weighted by Gasteiger charge is 2.32. The van der Waals surface area contributed by atoms with Gasteiger partial charge in [0.1, 0.15) is 0 Å². The third-order valence-corrected chi connectivity index (χ3v) is 7.15. The van der Waals surface area contributed by atoms with Crippen LogP contribution in [0.25, 0.3) is 0 Å². The molecular weight excluding hydrogens is 415 g/mol. The minimum absolute atomic E-state index is 0.216. The van der Waals surface area contributed by atoms with Gasteiger partial charge >= 0.3 is 0 Å². The minimum Gasteiger partial charge on any atom is -0.355 e. The zero-order valence-electron chi connectivity index (χ0n) is 17.9. The van der Waals surface area contributed by atoms with Gasteiger partial charge in [0.05, 0.1) is 5.25 Å². The van der Waals surface area contributed by atoms with E-state index in [9.17, 15) is 9.18 Å². The maximum absolute atomic E-state index is 13.2. The summed E-state index contributed by atoms with van der Waals surface area (Å²) in [5, 5.41) is 15.0. The average Bonchev–Trinajstić information content (AvgIpc) is 3.45. The fraction of sp³-hybridized carbons (Fsp3) is 0.636. The highest BCUT2D eigenvalue weighted by atomic mass is 32.2. The van der Waals surface area contributed by atoms with E-state index in [4.69, 9.17) is 5.26 Å². The van der Waals surface area contributed by atoms with E-state index in [1.807, 2.05) is 11.8 Å². The van der Waals surface area contributed by atoms with Crippen molar-refractivity contribution >= 4 is 29.3 Å². The molecule has 7 nitrogen and oxygen atoms in total. The highest BCUT2D eigenvalue weighted by molar-refractivity contribution is 8.00. The molecule has 9 heteroatoms. The number of unbranched alkanes of at least 4 members (excludes halogenated alkanes) is 3. The van der Waals surface area contributed by atoms with Gasteiger partial charge in [0.2, 0.25) is 24.0 Å². The van der Waals surface area contributed by atoms with Gasteiger partial charge in [0.25, 0.3) is 0 Å². The minimum atomic E-state index is -0.589. The van der Waals surface area contributed by atoms with Crippen LogP contribution < -0.4 is 10.6 Å². The Balaban J connectivity index is 1.25. The zero-order valence-corrected chi connectivity index (χ0v) is 18.7. The number of rotatable bonds is 9. The smallest absolute Gasteiger partial charge is 0.235 e. The highest BCUT2D eigenvalue weighted by Crippen LogP contribution is 2.30. The molecule has 1 amide bonds. The molecule has 2 saturated heterocycles. The number of nitrogens with one attached hydrogen (secondary N) is 2. The van der Waals surface area contributed by atoms with Crippen LogP contribution in [-0.4, -0.2) is 52.4 Å². The van der Waals surface area contributed by atoms with Crippen molar-refractivity contribution in [1.29, 1.82) is 5.26 Å². The summed E-state index contributed by atoms with van der Waals surface area (Å²) in [6.07, 6.45) is 12.0. The zero-order chi connectivity index (χ0) is 21.9. The van der Waals surface area contributed by atoms with E-state index in [1.54, 1.807) is 12.3 Å². The summed E-state index contributed by atoms with van der Waals surface area (Å²) >= 11 is 1.83. The first-order valence-corrected chi connectivity index (χ1v) is 12.2. The van der Waals surface area contributed by atoms with Crippen LogP contribution in [0.2, 0.25) is 0 Å². The fourth-order valence-electron chi connectivity index (χ4n) is 4.14. The number of amides is 1. The van der Waals surface area contributed by atoms with Gasteiger partial charge in [-0.25, -0.2) is 4.98 Å². The number of carbonyl (C=O) groups excluding carboxylic acids is 1. The lowest BCUT2D eigenvalue weighted by Crippen LogP contribution is -2.35. The Labute approximate surface area is 187 Å². The third kappa shape index (κ3) is 7.69. The molecule has 3 rings (SSSR count). The SMILES string of the molecule is N#C/N=C(/NCCCCCCC1CCN(C(=O)C2CCCS2)C1)Nc1ccnc(F)c1. The monoisotopic (exact) mass is 446 g/mol. The van der Waals surface area contributed by atoms with Crippen LogP contribution in [0.3, 0.4) is 0 Å². The lowest BCUT2D eigenvalue weighted by Gasteiger charge is -2.20. The van der Waals surface area contributed by atoms with E-state index in [1.165, 1.54) is 31.5 Å². The van der Waals surface area contributed by atoms with Gasteiger partial charge in [-0.1, -0.05) is 19.3 Å². The molecule has 31 heavy (non-hydrogen) atoms. The van der Waals surface area contributed by atoms with Crippen LogP contribution in [0.5, 0.6) is 0 Å². The van der Waals surface area contributed by atoms with Crippen LogP contribution in [-0.2, 0) is 4.79 Å². The van der Waals surface area contributed by atoms with Crippen LogP contribution in [0.1, 0.15) is 51.4 Å². The largest absolute Gasteiger partial charge is 0.355 e. The topological polar surface area (TPSA) is 93.4 Å². The number of hydrogen-bond acceptors (Lipinski definition) is 5. The Hall–Kier alpha value is -2.34. The van der Waals surface area contributed by atoms with Gasteiger partial charge in [0, 0.05) is 37.6 Å². The van der Waals surface area contributed by atoms with Crippen molar-refractivity contribution in [2.45, 2.75) is 56.6 Å². The number of anilines is 1. The Bertz CT molecular complexity index is 792. The van der Waals surface area contributed by atoms with Gasteiger partial charge < -0.3 is 15.5 Å². The number of hydrogen-bond donors (Lipinski definition) is 2. The first-order chi connectivity index (χ1) is 15.2. The van der Waals surface area contributed by atoms with Gasteiger partial charge in [-0.3, -0.25) is 4.79 Å². The van der Waals surface area contributed by atoms with Crippen LogP contribution in [0.15, 0.2) is 23.3 Å². The van der Waals surface area contributed by atoms with Gasteiger partial charge in [-0.05, 0) is 49.8 Å². The van der Waals surface area contributed by atoms with E-state index < -0.39 is 5.95 Å². The van der Waals surface area contributed by atoms with Crippen molar-refractivity contribution in [1.82, 2.24) is 15.2 Å². The number of thioether (sulfide) groups is 1. The molecule has 168 valence electrons. The molecule has 2 unspecified atom stereocenters. The summed E-state index contributed by atoms with van der Waals surface area (Å²) in [4.78, 5) is 21.8. The molecule has 0 aliphatic carbocycles. The molecule has 0 spiro atoms. The van der Waals surface area contributed by atoms with E-state index in [2.05, 4.69) is 25.5 Å². The second-order valence-corrected chi connectivity index (χ2v) is 9.43. The predicted molar refractivity (Wildman–Crippen MR) is 122 cm³/mol. The van der Waals surface area contributed by atoms with E-state index in [0.717, 1.165) is 50.9 Å². The maximum Gasteiger partial charge on any atom is 0.235 e. The lowest BCUT2D eigenvalue weighted by atomic mass is 10.00. The molecular formula is C22H31FN6OS. The van der Waals surface area contributed by atoms with E-state index in [0.29, 0.717) is 30.0 Å². The number of carbonyl (C=O) groups is 1.